The highest BCUT2D eigenvalue weighted by molar-refractivity contribution is 6.14. The second-order valence-electron chi connectivity index (χ2n) is 8.43. The minimum absolute atomic E-state index is 0.0145. The molecule has 9 heteroatoms. The van der Waals surface area contributed by atoms with Gasteiger partial charge in [0, 0.05) is 30.2 Å². The topological polar surface area (TPSA) is 115 Å². The zero-order chi connectivity index (χ0) is 24.1. The van der Waals surface area contributed by atoms with Crippen LogP contribution in [0.5, 0.6) is 0 Å². The van der Waals surface area contributed by atoms with Crippen molar-refractivity contribution in [3.05, 3.63) is 53.9 Å². The highest BCUT2D eigenvalue weighted by Gasteiger charge is 2.29. The van der Waals surface area contributed by atoms with E-state index in [1.54, 1.807) is 35.0 Å². The monoisotopic (exact) mass is 466 g/mol. The molecule has 0 spiro atoms. The Kier molecular flexibility index (Phi) is 7.44. The van der Waals surface area contributed by atoms with Crippen LogP contribution in [0.1, 0.15) is 47.0 Å². The van der Waals surface area contributed by atoms with Gasteiger partial charge in [-0.25, -0.2) is 9.78 Å². The van der Waals surface area contributed by atoms with E-state index in [9.17, 15) is 14.7 Å². The lowest BCUT2D eigenvalue weighted by atomic mass is 10.2. The molecule has 1 aromatic carbocycles. The lowest BCUT2D eigenvalue weighted by Crippen LogP contribution is -2.21. The summed E-state index contributed by atoms with van der Waals surface area (Å²) in [5.41, 5.74) is 2.32. The molecule has 2 aromatic heterocycles. The molecule has 0 aliphatic carbocycles. The third-order valence-corrected chi connectivity index (χ3v) is 5.94. The number of methoxy groups -OCH3 is 1. The van der Waals surface area contributed by atoms with E-state index in [0.29, 0.717) is 47.5 Å². The van der Waals surface area contributed by atoms with Gasteiger partial charge in [0.15, 0.2) is 5.69 Å². The van der Waals surface area contributed by atoms with Crippen molar-refractivity contribution >= 4 is 34.3 Å². The zero-order valence-corrected chi connectivity index (χ0v) is 19.4. The number of ether oxygens (including phenoxy) is 2. The van der Waals surface area contributed by atoms with E-state index in [-0.39, 0.29) is 30.4 Å². The summed E-state index contributed by atoms with van der Waals surface area (Å²) in [6.07, 6.45) is 4.04. The molecule has 34 heavy (non-hydrogen) atoms. The highest BCUT2D eigenvalue weighted by atomic mass is 16.5. The first-order chi connectivity index (χ1) is 16.5. The molecule has 1 aliphatic heterocycles. The summed E-state index contributed by atoms with van der Waals surface area (Å²) >= 11 is 0. The molecule has 180 valence electrons. The molecule has 1 aliphatic rings. The fourth-order valence-corrected chi connectivity index (χ4v) is 4.23. The number of rotatable bonds is 9. The Morgan fingerprint density at radius 1 is 1.32 bits per heavy atom. The predicted octanol–water partition coefficient (Wildman–Crippen LogP) is 3.44. The SMILES string of the molecule is COC(=O)c1c(NC(=O)c2ccccc2)c2cc(NC(C)CCO)cnc2n1CC1CCCO1. The molecule has 3 heterocycles. The third-order valence-electron chi connectivity index (χ3n) is 5.94. The lowest BCUT2D eigenvalue weighted by molar-refractivity contribution is 0.0580. The van der Waals surface area contributed by atoms with Crippen LogP contribution in [0.3, 0.4) is 0 Å². The van der Waals surface area contributed by atoms with E-state index in [1.807, 2.05) is 19.1 Å². The van der Waals surface area contributed by atoms with Gasteiger partial charge in [0.2, 0.25) is 0 Å². The van der Waals surface area contributed by atoms with Crippen molar-refractivity contribution in [1.29, 1.82) is 0 Å². The Hall–Kier alpha value is -3.43. The van der Waals surface area contributed by atoms with Crippen molar-refractivity contribution in [1.82, 2.24) is 9.55 Å². The van der Waals surface area contributed by atoms with Gasteiger partial charge in [-0.05, 0) is 44.4 Å². The van der Waals surface area contributed by atoms with Gasteiger partial charge >= 0.3 is 5.97 Å². The van der Waals surface area contributed by atoms with Gasteiger partial charge in [-0.2, -0.15) is 0 Å². The molecule has 3 aromatic rings. The molecule has 1 saturated heterocycles. The summed E-state index contributed by atoms with van der Waals surface area (Å²) in [5.74, 6) is -0.906. The molecule has 3 N–H and O–H groups in total. The number of pyridine rings is 1. The maximum Gasteiger partial charge on any atom is 0.356 e. The van der Waals surface area contributed by atoms with Crippen LogP contribution in [0.2, 0.25) is 0 Å². The van der Waals surface area contributed by atoms with Crippen LogP contribution in [-0.4, -0.2) is 59.0 Å². The Morgan fingerprint density at radius 3 is 2.79 bits per heavy atom. The first-order valence-electron chi connectivity index (χ1n) is 11.5. The van der Waals surface area contributed by atoms with Crippen molar-refractivity contribution < 1.29 is 24.2 Å². The number of nitrogens with one attached hydrogen (secondary N) is 2. The van der Waals surface area contributed by atoms with Crippen LogP contribution < -0.4 is 10.6 Å². The largest absolute Gasteiger partial charge is 0.464 e. The minimum Gasteiger partial charge on any atom is -0.464 e. The van der Waals surface area contributed by atoms with Gasteiger partial charge < -0.3 is 29.8 Å². The van der Waals surface area contributed by atoms with Crippen LogP contribution in [0.25, 0.3) is 11.0 Å². The van der Waals surface area contributed by atoms with Gasteiger partial charge in [-0.1, -0.05) is 18.2 Å². The number of benzene rings is 1. The standard InChI is InChI=1S/C25H30N4O5/c1-16(10-11-30)27-18-13-20-21(28-24(31)17-7-4-3-5-8-17)22(25(32)33-2)29(23(20)26-14-18)15-19-9-6-12-34-19/h3-5,7-8,13-14,16,19,27,30H,6,9-12,15H2,1-2H3,(H,28,31). The first-order valence-corrected chi connectivity index (χ1v) is 11.5. The van der Waals surface area contributed by atoms with Gasteiger partial charge in [0.05, 0.1) is 37.3 Å². The summed E-state index contributed by atoms with van der Waals surface area (Å²) in [4.78, 5) is 30.7. The van der Waals surface area contributed by atoms with Gasteiger partial charge in [-0.15, -0.1) is 0 Å². The molecule has 4 rings (SSSR count). The molecule has 2 unspecified atom stereocenters. The Labute approximate surface area is 198 Å². The van der Waals surface area contributed by atoms with Crippen molar-refractivity contribution in [2.75, 3.05) is 31.0 Å². The third kappa shape index (κ3) is 5.05. The average Bonchev–Trinajstić information content (AvgIpc) is 3.46. The second kappa shape index (κ2) is 10.7. The Morgan fingerprint density at radius 2 is 2.12 bits per heavy atom. The lowest BCUT2D eigenvalue weighted by Gasteiger charge is -2.15. The van der Waals surface area contributed by atoms with Crippen molar-refractivity contribution in [3.63, 3.8) is 0 Å². The molecular weight excluding hydrogens is 436 g/mol. The molecule has 0 bridgehead atoms. The smallest absolute Gasteiger partial charge is 0.356 e. The Balaban J connectivity index is 1.83. The number of fused-ring (bicyclic) bond motifs is 1. The van der Waals surface area contributed by atoms with Crippen molar-refractivity contribution in [2.24, 2.45) is 0 Å². The number of carbonyl (C=O) groups excluding carboxylic acids is 2. The van der Waals surface area contributed by atoms with E-state index in [4.69, 9.17) is 9.47 Å². The van der Waals surface area contributed by atoms with Crippen LogP contribution in [0, 0.1) is 0 Å². The van der Waals surface area contributed by atoms with Crippen LogP contribution in [0.4, 0.5) is 11.4 Å². The molecule has 9 nitrogen and oxygen atoms in total. The number of aliphatic hydroxyl groups excluding tert-OH is 1. The van der Waals surface area contributed by atoms with E-state index in [2.05, 4.69) is 15.6 Å². The fourth-order valence-electron chi connectivity index (χ4n) is 4.23. The second-order valence-corrected chi connectivity index (χ2v) is 8.43. The fraction of sp³-hybridized carbons (Fsp3) is 0.400. The number of anilines is 2. The predicted molar refractivity (Wildman–Crippen MR) is 129 cm³/mol. The van der Waals surface area contributed by atoms with E-state index < -0.39 is 5.97 Å². The normalized spacial score (nSPS) is 16.4. The van der Waals surface area contributed by atoms with Crippen LogP contribution >= 0.6 is 0 Å². The minimum atomic E-state index is -0.567. The summed E-state index contributed by atoms with van der Waals surface area (Å²) < 4.78 is 12.7. The average molecular weight is 467 g/mol. The number of hydrogen-bond acceptors (Lipinski definition) is 7. The number of aromatic nitrogens is 2. The van der Waals surface area contributed by atoms with Gasteiger partial charge in [-0.3, -0.25) is 4.79 Å². The maximum absolute atomic E-state index is 13.1. The summed E-state index contributed by atoms with van der Waals surface area (Å²) in [6, 6.07) is 10.7. The summed E-state index contributed by atoms with van der Waals surface area (Å²) in [5, 5.41) is 16.1. The van der Waals surface area contributed by atoms with Crippen LogP contribution in [-0.2, 0) is 16.0 Å². The number of esters is 1. The maximum atomic E-state index is 13.1. The zero-order valence-electron chi connectivity index (χ0n) is 19.4. The molecule has 0 radical (unpaired) electrons. The van der Waals surface area contributed by atoms with Crippen LogP contribution in [0.15, 0.2) is 42.6 Å². The van der Waals surface area contributed by atoms with E-state index in [1.165, 1.54) is 7.11 Å². The number of nitrogens with zero attached hydrogens (tertiary/aromatic N) is 2. The van der Waals surface area contributed by atoms with Gasteiger partial charge in [0.25, 0.3) is 5.91 Å². The number of carbonyl (C=O) groups is 2. The summed E-state index contributed by atoms with van der Waals surface area (Å²) in [6.45, 7) is 3.12. The highest BCUT2D eigenvalue weighted by Crippen LogP contribution is 2.34. The summed E-state index contributed by atoms with van der Waals surface area (Å²) in [7, 11) is 1.32. The van der Waals surface area contributed by atoms with Crippen molar-refractivity contribution in [3.8, 4) is 0 Å². The van der Waals surface area contributed by atoms with Gasteiger partial charge in [0.1, 0.15) is 5.65 Å². The number of aliphatic hydroxyl groups is 1. The molecule has 1 amide bonds. The molecule has 0 saturated carbocycles. The molecular formula is C25H30N4O5. The van der Waals surface area contributed by atoms with E-state index >= 15 is 0 Å². The first kappa shape index (κ1) is 23.7. The molecule has 1 fully saturated rings. The number of hydrogen-bond donors (Lipinski definition) is 3. The molecule has 2 atom stereocenters. The van der Waals surface area contributed by atoms with E-state index in [0.717, 1.165) is 12.8 Å². The van der Waals surface area contributed by atoms with Crippen molar-refractivity contribution in [2.45, 2.75) is 44.9 Å². The Bertz CT molecular complexity index is 1160. The quantitative estimate of drug-likeness (QED) is 0.414. The number of amides is 1.